The van der Waals surface area contributed by atoms with Crippen LogP contribution >= 0.6 is 15.9 Å². The van der Waals surface area contributed by atoms with Crippen LogP contribution in [0.2, 0.25) is 0 Å². The second-order valence-corrected chi connectivity index (χ2v) is 11.6. The molecule has 0 aromatic heterocycles. The van der Waals surface area contributed by atoms with Crippen molar-refractivity contribution in [1.82, 2.24) is 5.43 Å². The number of imide groups is 1. The van der Waals surface area contributed by atoms with Crippen LogP contribution in [-0.4, -0.2) is 34.0 Å². The van der Waals surface area contributed by atoms with Crippen LogP contribution in [0, 0.1) is 22.0 Å². The number of nitrogens with zero attached hydrogens (tertiary/aromatic N) is 3. The Labute approximate surface area is 252 Å². The predicted molar refractivity (Wildman–Crippen MR) is 160 cm³/mol. The molecule has 2 N–H and O–H groups in total. The van der Waals surface area contributed by atoms with E-state index in [2.05, 4.69) is 26.5 Å². The number of halogens is 1. The van der Waals surface area contributed by atoms with Crippen LogP contribution in [0.1, 0.15) is 38.5 Å². The molecular formula is C32H21BrN4O6. The van der Waals surface area contributed by atoms with Gasteiger partial charge in [-0.15, -0.1) is 0 Å². The van der Waals surface area contributed by atoms with Crippen molar-refractivity contribution in [2.75, 3.05) is 4.90 Å². The summed E-state index contributed by atoms with van der Waals surface area (Å²) in [5, 5.41) is 25.7. The van der Waals surface area contributed by atoms with Gasteiger partial charge in [0.2, 0.25) is 11.8 Å². The minimum absolute atomic E-state index is 0.311. The minimum atomic E-state index is -1.22. The molecule has 212 valence electrons. The van der Waals surface area contributed by atoms with Gasteiger partial charge in [0.15, 0.2) is 0 Å². The van der Waals surface area contributed by atoms with E-state index >= 15 is 0 Å². The van der Waals surface area contributed by atoms with Gasteiger partial charge in [0.05, 0.1) is 33.4 Å². The van der Waals surface area contributed by atoms with Gasteiger partial charge in [0.25, 0.3) is 11.6 Å². The molecule has 11 heteroatoms. The molecular weight excluding hydrogens is 616 g/mol. The number of carbonyl (C=O) groups is 3. The number of benzene rings is 4. The SMILES string of the molecule is O=C(N/N=C\C12c3ccccc3C(c3ccccc31)[C@H]1C(=O)N(c3ccc(Br)cc3)C(=O)[C@@H]12)c1cc([N+](=O)[O-])ccc1O. The van der Waals surface area contributed by atoms with Gasteiger partial charge in [-0.05, 0) is 52.6 Å². The second-order valence-electron chi connectivity index (χ2n) is 10.7. The number of aromatic hydroxyl groups is 1. The molecule has 4 aromatic rings. The first-order valence-electron chi connectivity index (χ1n) is 13.4. The molecule has 43 heavy (non-hydrogen) atoms. The third-order valence-electron chi connectivity index (χ3n) is 8.64. The number of nitro benzene ring substituents is 1. The second kappa shape index (κ2) is 9.70. The van der Waals surface area contributed by atoms with Crippen molar-refractivity contribution in [3.63, 3.8) is 0 Å². The first-order chi connectivity index (χ1) is 20.7. The summed E-state index contributed by atoms with van der Waals surface area (Å²) >= 11 is 3.41. The van der Waals surface area contributed by atoms with E-state index in [0.717, 1.165) is 44.9 Å². The average molecular weight is 637 g/mol. The van der Waals surface area contributed by atoms with E-state index in [1.165, 1.54) is 11.1 Å². The zero-order chi connectivity index (χ0) is 30.0. The van der Waals surface area contributed by atoms with Gasteiger partial charge in [0, 0.05) is 28.7 Å². The lowest BCUT2D eigenvalue weighted by Gasteiger charge is -2.52. The van der Waals surface area contributed by atoms with Gasteiger partial charge in [0.1, 0.15) is 5.75 Å². The van der Waals surface area contributed by atoms with Crippen molar-refractivity contribution >= 4 is 51.2 Å². The summed E-state index contributed by atoms with van der Waals surface area (Å²) < 4.78 is 0.807. The Balaban J connectivity index is 1.37. The van der Waals surface area contributed by atoms with Crippen molar-refractivity contribution in [3.05, 3.63) is 133 Å². The van der Waals surface area contributed by atoms with Crippen LogP contribution < -0.4 is 10.3 Å². The number of hydrogen-bond acceptors (Lipinski definition) is 7. The van der Waals surface area contributed by atoms with Crippen molar-refractivity contribution < 1.29 is 24.4 Å². The number of rotatable bonds is 5. The maximum atomic E-state index is 14.4. The fourth-order valence-electron chi connectivity index (χ4n) is 6.97. The van der Waals surface area contributed by atoms with Crippen LogP contribution in [0.3, 0.4) is 0 Å². The number of hydrazone groups is 1. The molecule has 1 aliphatic heterocycles. The van der Waals surface area contributed by atoms with E-state index in [9.17, 15) is 29.6 Å². The molecule has 3 amide bonds. The number of phenols is 1. The van der Waals surface area contributed by atoms with Gasteiger partial charge >= 0.3 is 0 Å². The molecule has 0 spiro atoms. The van der Waals surface area contributed by atoms with Crippen LogP contribution in [0.15, 0.2) is 101 Å². The lowest BCUT2D eigenvalue weighted by Crippen LogP contribution is -2.54. The fourth-order valence-corrected chi connectivity index (χ4v) is 7.23. The summed E-state index contributed by atoms with van der Waals surface area (Å²) in [6, 6.07) is 25.3. The minimum Gasteiger partial charge on any atom is -0.507 e. The first kappa shape index (κ1) is 26.7. The highest BCUT2D eigenvalue weighted by atomic mass is 79.9. The van der Waals surface area contributed by atoms with Crippen molar-refractivity contribution in [2.24, 2.45) is 16.9 Å². The molecule has 4 aliphatic rings. The van der Waals surface area contributed by atoms with Gasteiger partial charge in [-0.3, -0.25) is 24.5 Å². The van der Waals surface area contributed by atoms with Crippen LogP contribution in [0.5, 0.6) is 5.75 Å². The number of anilines is 1. The molecule has 1 heterocycles. The standard InChI is InChI=1S/C32H21BrN4O6/c33-17-9-11-18(12-10-17)36-30(40)27-26-20-5-1-3-7-23(20)32(28(27)31(36)41,24-8-4-2-6-21(24)26)16-34-35-29(39)22-15-19(37(42)43)13-14-25(22)38/h1-16,26-28,38H,(H,35,39)/b34-16-/t26?,27-,28-,32?/m1/s1. The highest BCUT2D eigenvalue weighted by Gasteiger charge is 2.68. The highest BCUT2D eigenvalue weighted by molar-refractivity contribution is 9.10. The molecule has 4 aromatic carbocycles. The van der Waals surface area contributed by atoms with E-state index in [4.69, 9.17) is 0 Å². The largest absolute Gasteiger partial charge is 0.507 e. The van der Waals surface area contributed by atoms with Gasteiger partial charge in [-0.25, -0.2) is 10.3 Å². The molecule has 2 atom stereocenters. The molecule has 0 radical (unpaired) electrons. The van der Waals surface area contributed by atoms with Gasteiger partial charge in [-0.2, -0.15) is 5.10 Å². The molecule has 3 aliphatic carbocycles. The van der Waals surface area contributed by atoms with Crippen LogP contribution in [0.4, 0.5) is 11.4 Å². The maximum absolute atomic E-state index is 14.4. The Morgan fingerprint density at radius 3 is 2.21 bits per heavy atom. The number of hydrogen-bond donors (Lipinski definition) is 2. The average Bonchev–Trinajstić information content (AvgIpc) is 3.28. The molecule has 8 rings (SSSR count). The topological polar surface area (TPSA) is 142 Å². The Morgan fingerprint density at radius 2 is 1.58 bits per heavy atom. The van der Waals surface area contributed by atoms with E-state index in [-0.39, 0.29) is 29.0 Å². The van der Waals surface area contributed by atoms with E-state index in [0.29, 0.717) is 5.69 Å². The summed E-state index contributed by atoms with van der Waals surface area (Å²) in [5.41, 5.74) is 4.32. The Hall–Kier alpha value is -5.16. The molecule has 1 saturated heterocycles. The normalized spacial score (nSPS) is 23.2. The quantitative estimate of drug-likeness (QED) is 0.136. The molecule has 2 bridgehead atoms. The van der Waals surface area contributed by atoms with Gasteiger partial charge in [-0.1, -0.05) is 64.5 Å². The zero-order valence-corrected chi connectivity index (χ0v) is 23.8. The Bertz CT molecular complexity index is 1860. The summed E-state index contributed by atoms with van der Waals surface area (Å²) in [4.78, 5) is 53.4. The first-order valence-corrected chi connectivity index (χ1v) is 14.2. The highest BCUT2D eigenvalue weighted by Crippen LogP contribution is 2.63. The Morgan fingerprint density at radius 1 is 0.953 bits per heavy atom. The fraction of sp³-hybridized carbons (Fsp3) is 0.125. The lowest BCUT2D eigenvalue weighted by molar-refractivity contribution is -0.384. The number of phenolic OH excluding ortho intramolecular Hbond substituents is 1. The summed E-state index contributed by atoms with van der Waals surface area (Å²) in [6.07, 6.45) is 1.49. The lowest BCUT2D eigenvalue weighted by atomic mass is 9.47. The maximum Gasteiger partial charge on any atom is 0.275 e. The van der Waals surface area contributed by atoms with E-state index in [1.807, 2.05) is 48.5 Å². The molecule has 0 saturated carbocycles. The number of carbonyl (C=O) groups excluding carboxylic acids is 3. The van der Waals surface area contributed by atoms with Crippen molar-refractivity contribution in [1.29, 1.82) is 0 Å². The number of nitrogens with one attached hydrogen (secondary N) is 1. The van der Waals surface area contributed by atoms with Gasteiger partial charge < -0.3 is 5.11 Å². The summed E-state index contributed by atoms with van der Waals surface area (Å²) in [6.45, 7) is 0. The number of nitro groups is 1. The van der Waals surface area contributed by atoms with Crippen LogP contribution in [-0.2, 0) is 15.0 Å². The van der Waals surface area contributed by atoms with Crippen molar-refractivity contribution in [3.8, 4) is 5.75 Å². The molecule has 10 nitrogen and oxygen atoms in total. The zero-order valence-electron chi connectivity index (χ0n) is 22.2. The Kier molecular flexibility index (Phi) is 6.03. The third-order valence-corrected chi connectivity index (χ3v) is 9.17. The molecule has 0 unspecified atom stereocenters. The smallest absolute Gasteiger partial charge is 0.275 e. The number of non-ortho nitro benzene ring substituents is 1. The summed E-state index contributed by atoms with van der Waals surface area (Å²) in [7, 11) is 0. The van der Waals surface area contributed by atoms with Crippen LogP contribution in [0.25, 0.3) is 0 Å². The molecule has 1 fully saturated rings. The predicted octanol–water partition coefficient (Wildman–Crippen LogP) is 5.03. The van der Waals surface area contributed by atoms with E-state index < -0.39 is 33.8 Å². The third kappa shape index (κ3) is 3.77. The van der Waals surface area contributed by atoms with E-state index in [1.54, 1.807) is 24.3 Å². The number of amides is 3. The van der Waals surface area contributed by atoms with Crippen molar-refractivity contribution in [2.45, 2.75) is 11.3 Å². The monoisotopic (exact) mass is 636 g/mol. The summed E-state index contributed by atoms with van der Waals surface area (Å²) in [5.74, 6) is -3.95.